The van der Waals surface area contributed by atoms with Crippen LogP contribution in [-0.2, 0) is 32.2 Å². The van der Waals surface area contributed by atoms with Crippen molar-refractivity contribution in [2.45, 2.75) is 44.3 Å². The molecule has 5 aromatic carbocycles. The second-order valence-electron chi connectivity index (χ2n) is 16.3. The van der Waals surface area contributed by atoms with E-state index in [1.807, 2.05) is 6.07 Å². The molecule has 1 saturated heterocycles. The summed E-state index contributed by atoms with van der Waals surface area (Å²) in [4.78, 5) is 9.92. The van der Waals surface area contributed by atoms with Gasteiger partial charge in [0.2, 0.25) is 5.75 Å². The number of rotatable bonds is 7. The van der Waals surface area contributed by atoms with E-state index in [0.29, 0.717) is 40.9 Å². The zero-order valence-electron chi connectivity index (χ0n) is 35.3. The first-order valence-electron chi connectivity index (χ1n) is 20.9. The molecule has 10 heteroatoms. The molecule has 5 aliphatic rings. The summed E-state index contributed by atoms with van der Waals surface area (Å²) < 4.78 is 38.7. The highest BCUT2D eigenvalue weighted by Gasteiger charge is 2.38. The fraction of sp³-hybridized carbons (Fsp3) is 0.388. The number of benzene rings is 5. The van der Waals surface area contributed by atoms with Crippen molar-refractivity contribution >= 4 is 5.69 Å². The van der Waals surface area contributed by atoms with Crippen LogP contribution >= 0.6 is 0 Å². The highest BCUT2D eigenvalue weighted by atomic mass is 16.5. The standard InChI is InChI=1S/C49H56N4O6/c1-50-20-18-34-29-43(55-4)45-30-38(34)40(50)26-32-12-15-36(16-13-32)58-44-28-33(14-17-42(44)54-3)27-41-46-37(19-21-51(41)2)39(47(56-5)49(57-6)48(46)59-45)31-52-22-24-53(25-23-52)35-10-8-7-9-11-35/h7-17,28-30,40-41H,18-27,31H2,1-6H3/t40-,41-/m0/s1. The van der Waals surface area contributed by atoms with Crippen LogP contribution in [0.1, 0.15) is 51.0 Å². The van der Waals surface area contributed by atoms with E-state index in [9.17, 15) is 0 Å². The molecular formula is C49H56N4O6. The smallest absolute Gasteiger partial charge is 0.204 e. The largest absolute Gasteiger partial charge is 0.493 e. The Kier molecular flexibility index (Phi) is 11.0. The first-order valence-corrected chi connectivity index (χ1v) is 20.9. The molecule has 0 spiro atoms. The van der Waals surface area contributed by atoms with Crippen LogP contribution in [0.2, 0.25) is 0 Å². The Bertz CT molecular complexity index is 2290. The van der Waals surface area contributed by atoms with Gasteiger partial charge < -0.3 is 33.3 Å². The van der Waals surface area contributed by atoms with E-state index in [0.717, 1.165) is 87.7 Å². The first kappa shape index (κ1) is 39.1. The average Bonchev–Trinajstić information content (AvgIpc) is 3.26. The molecule has 0 aliphatic carbocycles. The molecule has 1 fully saturated rings. The van der Waals surface area contributed by atoms with Gasteiger partial charge in [0.25, 0.3) is 0 Å². The number of likely N-dealkylation sites (N-methyl/N-ethyl adjacent to an activating group) is 2. The number of nitrogens with zero attached hydrogens (tertiary/aromatic N) is 4. The van der Waals surface area contributed by atoms with Crippen LogP contribution in [-0.4, -0.2) is 96.5 Å². The number of fused-ring (bicyclic) bond motifs is 2. The highest BCUT2D eigenvalue weighted by molar-refractivity contribution is 5.67. The molecule has 6 bridgehead atoms. The number of para-hydroxylation sites is 1. The molecular weight excluding hydrogens is 741 g/mol. The predicted molar refractivity (Wildman–Crippen MR) is 232 cm³/mol. The third-order valence-corrected chi connectivity index (χ3v) is 13.0. The van der Waals surface area contributed by atoms with E-state index in [2.05, 4.69) is 113 Å². The van der Waals surface area contributed by atoms with Crippen molar-refractivity contribution in [3.8, 4) is 46.0 Å². The van der Waals surface area contributed by atoms with Gasteiger partial charge >= 0.3 is 0 Å². The number of anilines is 1. The highest BCUT2D eigenvalue weighted by Crippen LogP contribution is 2.54. The van der Waals surface area contributed by atoms with Gasteiger partial charge in [-0.3, -0.25) is 14.7 Å². The van der Waals surface area contributed by atoms with Crippen molar-refractivity contribution < 1.29 is 28.4 Å². The summed E-state index contributed by atoms with van der Waals surface area (Å²) in [5, 5.41) is 0. The Morgan fingerprint density at radius 3 is 2.02 bits per heavy atom. The van der Waals surface area contributed by atoms with Crippen LogP contribution in [0.3, 0.4) is 0 Å². The summed E-state index contributed by atoms with van der Waals surface area (Å²) >= 11 is 0. The third kappa shape index (κ3) is 7.54. The second kappa shape index (κ2) is 16.7. The van der Waals surface area contributed by atoms with Crippen molar-refractivity contribution in [3.05, 3.63) is 124 Å². The lowest BCUT2D eigenvalue weighted by Gasteiger charge is -2.40. The van der Waals surface area contributed by atoms with Crippen molar-refractivity contribution in [2.75, 3.05) is 86.7 Å². The van der Waals surface area contributed by atoms with Crippen molar-refractivity contribution in [2.24, 2.45) is 0 Å². The normalized spacial score (nSPS) is 19.5. The maximum absolute atomic E-state index is 7.32. The Morgan fingerprint density at radius 1 is 0.610 bits per heavy atom. The molecule has 5 heterocycles. The molecule has 5 aliphatic heterocycles. The maximum atomic E-state index is 7.32. The van der Waals surface area contributed by atoms with Crippen molar-refractivity contribution in [3.63, 3.8) is 0 Å². The Morgan fingerprint density at radius 2 is 1.29 bits per heavy atom. The number of hydrogen-bond donors (Lipinski definition) is 0. The Labute approximate surface area is 348 Å². The van der Waals surface area contributed by atoms with E-state index in [1.54, 1.807) is 28.4 Å². The molecule has 2 atom stereocenters. The number of piperazine rings is 1. The minimum absolute atomic E-state index is 0.0517. The predicted octanol–water partition coefficient (Wildman–Crippen LogP) is 8.48. The summed E-state index contributed by atoms with van der Waals surface area (Å²) in [5.74, 6) is 5.54. The SMILES string of the molecule is COc1ccc2cc1Oc1ccc(cc1)C[C@H]1c3cc(c(OC)cc3CCN1C)Oc1c(OC)c(OC)c(CN3CCN(c4ccccc4)CC3)c3c1[C@H](C2)N(C)CC3. The van der Waals surface area contributed by atoms with Crippen molar-refractivity contribution in [1.29, 1.82) is 0 Å². The fourth-order valence-corrected chi connectivity index (χ4v) is 9.70. The number of methoxy groups -OCH3 is 4. The van der Waals surface area contributed by atoms with Crippen molar-refractivity contribution in [1.82, 2.24) is 14.7 Å². The van der Waals surface area contributed by atoms with Gasteiger partial charge in [-0.2, -0.15) is 0 Å². The zero-order chi connectivity index (χ0) is 40.6. The molecule has 5 aromatic rings. The van der Waals surface area contributed by atoms with Gasteiger partial charge in [0, 0.05) is 74.7 Å². The molecule has 0 saturated carbocycles. The average molecular weight is 797 g/mol. The third-order valence-electron chi connectivity index (χ3n) is 13.0. The monoisotopic (exact) mass is 796 g/mol. The minimum Gasteiger partial charge on any atom is -0.493 e. The molecule has 0 unspecified atom stereocenters. The minimum atomic E-state index is -0.0517. The molecule has 10 nitrogen and oxygen atoms in total. The molecule has 59 heavy (non-hydrogen) atoms. The molecule has 0 N–H and O–H groups in total. The topological polar surface area (TPSA) is 68.3 Å². The molecule has 0 radical (unpaired) electrons. The number of ether oxygens (including phenoxy) is 6. The summed E-state index contributed by atoms with van der Waals surface area (Å²) in [6.45, 7) is 6.37. The lowest BCUT2D eigenvalue weighted by molar-refractivity contribution is 0.213. The van der Waals surface area contributed by atoms with Crippen LogP contribution in [0.25, 0.3) is 0 Å². The lowest BCUT2D eigenvalue weighted by atomic mass is 9.84. The van der Waals surface area contributed by atoms with Crippen LogP contribution < -0.4 is 33.3 Å². The quantitative estimate of drug-likeness (QED) is 0.160. The zero-order valence-corrected chi connectivity index (χ0v) is 35.3. The van der Waals surface area contributed by atoms with Gasteiger partial charge in [-0.1, -0.05) is 36.4 Å². The second-order valence-corrected chi connectivity index (χ2v) is 16.3. The van der Waals surface area contributed by atoms with Gasteiger partial charge in [-0.05, 0) is 116 Å². The van der Waals surface area contributed by atoms with E-state index < -0.39 is 0 Å². The number of hydrogen-bond acceptors (Lipinski definition) is 10. The molecule has 0 amide bonds. The molecule has 0 aromatic heterocycles. The molecule has 10 rings (SSSR count). The van der Waals surface area contributed by atoms with Gasteiger partial charge in [-0.15, -0.1) is 0 Å². The maximum Gasteiger partial charge on any atom is 0.204 e. The fourth-order valence-electron chi connectivity index (χ4n) is 9.70. The molecule has 308 valence electrons. The Hall–Kier alpha value is -5.42. The van der Waals surface area contributed by atoms with Crippen LogP contribution in [0.5, 0.6) is 46.0 Å². The van der Waals surface area contributed by atoms with Gasteiger partial charge in [-0.25, -0.2) is 0 Å². The van der Waals surface area contributed by atoms with E-state index >= 15 is 0 Å². The van der Waals surface area contributed by atoms with Crippen LogP contribution in [0.4, 0.5) is 5.69 Å². The van der Waals surface area contributed by atoms with Crippen LogP contribution in [0.15, 0.2) is 84.9 Å². The van der Waals surface area contributed by atoms with E-state index in [-0.39, 0.29) is 12.1 Å². The first-order chi connectivity index (χ1) is 28.8. The van der Waals surface area contributed by atoms with Gasteiger partial charge in [0.05, 0.1) is 28.4 Å². The Balaban J connectivity index is 1.21. The van der Waals surface area contributed by atoms with Gasteiger partial charge in [0.15, 0.2) is 34.5 Å². The summed E-state index contributed by atoms with van der Waals surface area (Å²) in [6, 6.07) is 30.0. The summed E-state index contributed by atoms with van der Waals surface area (Å²) in [7, 11) is 11.3. The van der Waals surface area contributed by atoms with E-state index in [4.69, 9.17) is 28.4 Å². The van der Waals surface area contributed by atoms with E-state index in [1.165, 1.54) is 33.5 Å². The van der Waals surface area contributed by atoms with Gasteiger partial charge in [0.1, 0.15) is 5.75 Å². The summed E-state index contributed by atoms with van der Waals surface area (Å²) in [5.41, 5.74) is 9.71. The lowest BCUT2D eigenvalue weighted by Crippen LogP contribution is -2.46. The van der Waals surface area contributed by atoms with Crippen LogP contribution in [0, 0.1) is 0 Å². The summed E-state index contributed by atoms with van der Waals surface area (Å²) in [6.07, 6.45) is 3.32.